The van der Waals surface area contributed by atoms with E-state index in [-0.39, 0.29) is 22.4 Å². The molecule has 1 aromatic carbocycles. The highest BCUT2D eigenvalue weighted by Crippen LogP contribution is 2.30. The van der Waals surface area contributed by atoms with E-state index < -0.39 is 10.7 Å². The van der Waals surface area contributed by atoms with Gasteiger partial charge in [0.25, 0.3) is 5.69 Å². The average Bonchev–Trinajstić information content (AvgIpc) is 2.30. The van der Waals surface area contributed by atoms with Gasteiger partial charge in [-0.15, -0.1) is 0 Å². The van der Waals surface area contributed by atoms with Crippen LogP contribution in [0.4, 0.5) is 15.8 Å². The van der Waals surface area contributed by atoms with E-state index in [2.05, 4.69) is 5.32 Å². The second-order valence-electron chi connectivity index (χ2n) is 3.87. The molecule has 0 saturated heterocycles. The van der Waals surface area contributed by atoms with Gasteiger partial charge in [-0.25, -0.2) is 4.39 Å². The van der Waals surface area contributed by atoms with Crippen LogP contribution in [-0.4, -0.2) is 24.7 Å². The van der Waals surface area contributed by atoms with E-state index in [0.29, 0.717) is 13.0 Å². The molecule has 0 amide bonds. The van der Waals surface area contributed by atoms with Crippen molar-refractivity contribution in [3.05, 3.63) is 33.1 Å². The van der Waals surface area contributed by atoms with Crippen molar-refractivity contribution in [1.29, 1.82) is 0 Å². The molecule has 0 aliphatic rings. The maximum Gasteiger partial charge on any atom is 0.295 e. The number of nitrogens with one attached hydrogen (secondary N) is 1. The van der Waals surface area contributed by atoms with Gasteiger partial charge in [0.1, 0.15) is 11.5 Å². The first-order valence-corrected chi connectivity index (χ1v) is 5.72. The van der Waals surface area contributed by atoms with Crippen LogP contribution >= 0.6 is 11.6 Å². The van der Waals surface area contributed by atoms with Crippen LogP contribution in [0.1, 0.15) is 13.3 Å². The molecule has 0 aliphatic carbocycles. The number of rotatable bonds is 6. The van der Waals surface area contributed by atoms with E-state index in [4.69, 9.17) is 16.3 Å². The molecule has 18 heavy (non-hydrogen) atoms. The predicted molar refractivity (Wildman–Crippen MR) is 67.6 cm³/mol. The zero-order chi connectivity index (χ0) is 13.7. The molecule has 100 valence electrons. The van der Waals surface area contributed by atoms with E-state index in [1.165, 1.54) is 6.07 Å². The fraction of sp³-hybridized carbons (Fsp3) is 0.455. The Morgan fingerprint density at radius 1 is 1.61 bits per heavy atom. The Bertz CT molecular complexity index is 443. The van der Waals surface area contributed by atoms with Crippen LogP contribution < -0.4 is 5.32 Å². The summed E-state index contributed by atoms with van der Waals surface area (Å²) in [7, 11) is 1.57. The van der Waals surface area contributed by atoms with Gasteiger partial charge in [-0.3, -0.25) is 10.1 Å². The highest BCUT2D eigenvalue weighted by molar-refractivity contribution is 6.31. The van der Waals surface area contributed by atoms with Crippen LogP contribution in [0.2, 0.25) is 5.02 Å². The van der Waals surface area contributed by atoms with E-state index in [1.807, 2.05) is 6.92 Å². The molecular formula is C11H14ClFN2O3. The van der Waals surface area contributed by atoms with Crippen molar-refractivity contribution >= 4 is 23.0 Å². The lowest BCUT2D eigenvalue weighted by molar-refractivity contribution is -0.384. The summed E-state index contributed by atoms with van der Waals surface area (Å²) in [6.07, 6.45) is 0.669. The summed E-state index contributed by atoms with van der Waals surface area (Å²) >= 11 is 5.62. The number of anilines is 1. The van der Waals surface area contributed by atoms with Crippen molar-refractivity contribution in [2.24, 2.45) is 0 Å². The number of nitro benzene ring substituents is 1. The second-order valence-corrected chi connectivity index (χ2v) is 4.27. The Balaban J connectivity index is 2.93. The first kappa shape index (κ1) is 14.7. The van der Waals surface area contributed by atoms with Crippen LogP contribution in [0.5, 0.6) is 0 Å². The van der Waals surface area contributed by atoms with E-state index in [9.17, 15) is 14.5 Å². The first-order valence-electron chi connectivity index (χ1n) is 5.34. The van der Waals surface area contributed by atoms with Gasteiger partial charge in [-0.2, -0.15) is 0 Å². The largest absolute Gasteiger partial charge is 0.385 e. The summed E-state index contributed by atoms with van der Waals surface area (Å²) in [5.74, 6) is -0.807. The zero-order valence-corrected chi connectivity index (χ0v) is 10.8. The van der Waals surface area contributed by atoms with Crippen LogP contribution in [0.25, 0.3) is 0 Å². The van der Waals surface area contributed by atoms with Crippen molar-refractivity contribution in [2.75, 3.05) is 19.0 Å². The summed E-state index contributed by atoms with van der Waals surface area (Å²) in [5, 5.41) is 13.6. The number of methoxy groups -OCH3 is 1. The maximum absolute atomic E-state index is 13.2. The summed E-state index contributed by atoms with van der Waals surface area (Å²) in [4.78, 5) is 10.2. The van der Waals surface area contributed by atoms with Crippen molar-refractivity contribution < 1.29 is 14.1 Å². The highest BCUT2D eigenvalue weighted by atomic mass is 35.5. The molecule has 0 bridgehead atoms. The third-order valence-electron chi connectivity index (χ3n) is 2.39. The van der Waals surface area contributed by atoms with Gasteiger partial charge < -0.3 is 10.1 Å². The third kappa shape index (κ3) is 3.82. The van der Waals surface area contributed by atoms with Crippen molar-refractivity contribution in [2.45, 2.75) is 19.4 Å². The molecular weight excluding hydrogens is 263 g/mol. The molecule has 5 nitrogen and oxygen atoms in total. The predicted octanol–water partition coefficient (Wildman–Crippen LogP) is 3.22. The Labute approximate surface area is 109 Å². The molecule has 0 saturated carbocycles. The topological polar surface area (TPSA) is 64.4 Å². The van der Waals surface area contributed by atoms with E-state index in [1.54, 1.807) is 7.11 Å². The molecule has 1 unspecified atom stereocenters. The van der Waals surface area contributed by atoms with Crippen LogP contribution in [0, 0.1) is 15.9 Å². The third-order valence-corrected chi connectivity index (χ3v) is 2.68. The molecule has 0 aromatic heterocycles. The summed E-state index contributed by atoms with van der Waals surface area (Å²) in [5.41, 5.74) is -0.129. The normalized spacial score (nSPS) is 12.2. The van der Waals surface area contributed by atoms with Gasteiger partial charge in [-0.05, 0) is 19.4 Å². The average molecular weight is 277 g/mol. The van der Waals surface area contributed by atoms with Gasteiger partial charge in [-0.1, -0.05) is 11.6 Å². The fourth-order valence-corrected chi connectivity index (χ4v) is 1.60. The smallest absolute Gasteiger partial charge is 0.295 e. The van der Waals surface area contributed by atoms with E-state index in [0.717, 1.165) is 6.07 Å². The molecule has 0 fully saturated rings. The zero-order valence-electron chi connectivity index (χ0n) is 10.1. The molecule has 0 radical (unpaired) electrons. The Morgan fingerprint density at radius 2 is 2.28 bits per heavy atom. The number of nitrogens with zero attached hydrogens (tertiary/aromatic N) is 1. The number of nitro groups is 1. The van der Waals surface area contributed by atoms with Gasteiger partial charge in [0, 0.05) is 19.8 Å². The van der Waals surface area contributed by atoms with Gasteiger partial charge >= 0.3 is 0 Å². The van der Waals surface area contributed by atoms with Crippen LogP contribution in [-0.2, 0) is 4.74 Å². The molecule has 7 heteroatoms. The highest BCUT2D eigenvalue weighted by Gasteiger charge is 2.19. The van der Waals surface area contributed by atoms with Crippen LogP contribution in [0.15, 0.2) is 12.1 Å². The lowest BCUT2D eigenvalue weighted by Crippen LogP contribution is -2.18. The molecule has 0 aliphatic heterocycles. The minimum Gasteiger partial charge on any atom is -0.385 e. The molecule has 1 atom stereocenters. The SMILES string of the molecule is COCCC(C)Nc1cc(Cl)c(F)cc1[N+](=O)[O-]. The standard InChI is InChI=1S/C11H14ClFN2O3/c1-7(3-4-18-2)14-10-5-8(12)9(13)6-11(10)15(16)17/h5-7,14H,3-4H2,1-2H3. The number of hydrogen-bond donors (Lipinski definition) is 1. The Kier molecular flexibility index (Phi) is 5.30. The monoisotopic (exact) mass is 276 g/mol. The molecule has 0 spiro atoms. The number of hydrogen-bond acceptors (Lipinski definition) is 4. The molecule has 0 heterocycles. The summed E-state index contributed by atoms with van der Waals surface area (Å²) in [6.45, 7) is 2.37. The van der Waals surface area contributed by atoms with Crippen molar-refractivity contribution in [3.63, 3.8) is 0 Å². The minimum absolute atomic E-state index is 0.0508. The Hall–Kier alpha value is -1.40. The quantitative estimate of drug-likeness (QED) is 0.640. The molecule has 1 N–H and O–H groups in total. The first-order chi connectivity index (χ1) is 8.45. The fourth-order valence-electron chi connectivity index (χ4n) is 1.44. The van der Waals surface area contributed by atoms with Gasteiger partial charge in [0.05, 0.1) is 16.0 Å². The second kappa shape index (κ2) is 6.51. The number of benzene rings is 1. The number of halogens is 2. The van der Waals surface area contributed by atoms with Gasteiger partial charge in [0.2, 0.25) is 0 Å². The minimum atomic E-state index is -0.807. The molecule has 1 aromatic rings. The van der Waals surface area contributed by atoms with Crippen LogP contribution in [0.3, 0.4) is 0 Å². The van der Waals surface area contributed by atoms with E-state index >= 15 is 0 Å². The lowest BCUT2D eigenvalue weighted by atomic mass is 10.2. The number of ether oxygens (including phenoxy) is 1. The Morgan fingerprint density at radius 3 is 2.83 bits per heavy atom. The van der Waals surface area contributed by atoms with Crippen molar-refractivity contribution in [1.82, 2.24) is 0 Å². The summed E-state index contributed by atoms with van der Waals surface area (Å²) in [6, 6.07) is 1.98. The maximum atomic E-state index is 13.2. The summed E-state index contributed by atoms with van der Waals surface area (Å²) < 4.78 is 18.1. The lowest BCUT2D eigenvalue weighted by Gasteiger charge is -2.15. The van der Waals surface area contributed by atoms with Crippen molar-refractivity contribution in [3.8, 4) is 0 Å². The molecule has 1 rings (SSSR count). The van der Waals surface area contributed by atoms with Gasteiger partial charge in [0.15, 0.2) is 0 Å².